The number of halogens is 1. The van der Waals surface area contributed by atoms with Crippen LogP contribution in [0.5, 0.6) is 0 Å². The molecule has 2 aromatic rings. The number of benzene rings is 2. The maximum atomic E-state index is 11.9. The van der Waals surface area contributed by atoms with Gasteiger partial charge in [-0.3, -0.25) is 4.79 Å². The first kappa shape index (κ1) is 14.0. The highest BCUT2D eigenvalue weighted by atomic mass is 79.9. The number of hydrogen-bond donors (Lipinski definition) is 2. The van der Waals surface area contributed by atoms with Crippen molar-refractivity contribution in [3.05, 3.63) is 52.5 Å². The SMILES string of the molecule is NC(=S)c1ccc(N2CC(=O)Nc3ccccc32)cc1Br. The second-order valence-electron chi connectivity index (χ2n) is 4.68. The zero-order valence-corrected chi connectivity index (χ0v) is 13.4. The molecule has 0 fully saturated rings. The predicted octanol–water partition coefficient (Wildman–Crippen LogP) is 3.17. The number of nitrogens with zero attached hydrogens (tertiary/aromatic N) is 1. The molecule has 0 saturated heterocycles. The van der Waals surface area contributed by atoms with E-state index in [0.29, 0.717) is 4.99 Å². The van der Waals surface area contributed by atoms with Gasteiger partial charge in [0.25, 0.3) is 0 Å². The monoisotopic (exact) mass is 361 g/mol. The van der Waals surface area contributed by atoms with Crippen molar-refractivity contribution in [3.8, 4) is 0 Å². The maximum absolute atomic E-state index is 11.9. The van der Waals surface area contributed by atoms with Gasteiger partial charge in [0.2, 0.25) is 5.91 Å². The molecular formula is C15H12BrN3OS. The highest BCUT2D eigenvalue weighted by Gasteiger charge is 2.23. The summed E-state index contributed by atoms with van der Waals surface area (Å²) in [5.41, 5.74) is 9.13. The first-order valence-corrected chi connectivity index (χ1v) is 7.52. The summed E-state index contributed by atoms with van der Waals surface area (Å²) < 4.78 is 0.816. The molecule has 106 valence electrons. The molecule has 2 aromatic carbocycles. The number of nitrogens with two attached hydrogens (primary N) is 1. The standard InChI is InChI=1S/C15H12BrN3OS/c16-11-7-9(5-6-10(11)15(17)21)19-8-14(20)18-12-3-1-2-4-13(12)19/h1-7H,8H2,(H2,17,21)(H,18,20). The molecule has 1 aliphatic rings. The number of para-hydroxylation sites is 2. The minimum Gasteiger partial charge on any atom is -0.389 e. The largest absolute Gasteiger partial charge is 0.389 e. The highest BCUT2D eigenvalue weighted by molar-refractivity contribution is 9.10. The lowest BCUT2D eigenvalue weighted by atomic mass is 10.1. The van der Waals surface area contributed by atoms with Gasteiger partial charge in [-0.25, -0.2) is 0 Å². The van der Waals surface area contributed by atoms with E-state index in [9.17, 15) is 4.79 Å². The van der Waals surface area contributed by atoms with Crippen molar-refractivity contribution in [2.24, 2.45) is 5.73 Å². The molecule has 6 heteroatoms. The third kappa shape index (κ3) is 2.64. The number of amides is 1. The molecule has 3 rings (SSSR count). The molecule has 0 radical (unpaired) electrons. The van der Waals surface area contributed by atoms with Crippen LogP contribution in [-0.4, -0.2) is 17.4 Å². The Labute approximate surface area is 136 Å². The molecule has 21 heavy (non-hydrogen) atoms. The van der Waals surface area contributed by atoms with Crippen LogP contribution in [0.2, 0.25) is 0 Å². The summed E-state index contributed by atoms with van der Waals surface area (Å²) in [6.07, 6.45) is 0. The summed E-state index contributed by atoms with van der Waals surface area (Å²) in [5, 5.41) is 2.87. The van der Waals surface area contributed by atoms with E-state index in [4.69, 9.17) is 18.0 Å². The van der Waals surface area contributed by atoms with Gasteiger partial charge in [0, 0.05) is 15.7 Å². The van der Waals surface area contributed by atoms with Crippen molar-refractivity contribution in [3.63, 3.8) is 0 Å². The Hall–Kier alpha value is -1.92. The highest BCUT2D eigenvalue weighted by Crippen LogP contribution is 2.36. The van der Waals surface area contributed by atoms with Crippen LogP contribution < -0.4 is 16.0 Å². The van der Waals surface area contributed by atoms with Crippen molar-refractivity contribution in [2.75, 3.05) is 16.8 Å². The molecule has 0 saturated carbocycles. The number of carbonyl (C=O) groups is 1. The molecule has 1 amide bonds. The van der Waals surface area contributed by atoms with Crippen LogP contribution in [0.15, 0.2) is 46.9 Å². The lowest BCUT2D eigenvalue weighted by molar-refractivity contribution is -0.115. The van der Waals surface area contributed by atoms with Gasteiger partial charge in [0.05, 0.1) is 11.4 Å². The second kappa shape index (κ2) is 5.46. The second-order valence-corrected chi connectivity index (χ2v) is 5.97. The number of fused-ring (bicyclic) bond motifs is 1. The maximum Gasteiger partial charge on any atom is 0.244 e. The number of nitrogens with one attached hydrogen (secondary N) is 1. The van der Waals surface area contributed by atoms with Gasteiger partial charge in [0.15, 0.2) is 0 Å². The molecule has 0 spiro atoms. The lowest BCUT2D eigenvalue weighted by Crippen LogP contribution is -2.35. The van der Waals surface area contributed by atoms with Crippen LogP contribution in [0, 0.1) is 0 Å². The van der Waals surface area contributed by atoms with Gasteiger partial charge in [-0.1, -0.05) is 24.4 Å². The third-order valence-corrected chi connectivity index (χ3v) is 4.18. The summed E-state index contributed by atoms with van der Waals surface area (Å²) in [4.78, 5) is 14.2. The average Bonchev–Trinajstić information content (AvgIpc) is 2.45. The fourth-order valence-electron chi connectivity index (χ4n) is 2.34. The van der Waals surface area contributed by atoms with E-state index >= 15 is 0 Å². The number of thiocarbonyl (C=S) groups is 1. The topological polar surface area (TPSA) is 58.4 Å². The quantitative estimate of drug-likeness (QED) is 0.806. The van der Waals surface area contributed by atoms with Crippen molar-refractivity contribution in [1.29, 1.82) is 0 Å². The minimum absolute atomic E-state index is 0.0387. The first-order chi connectivity index (χ1) is 10.1. The predicted molar refractivity (Wildman–Crippen MR) is 92.1 cm³/mol. The molecule has 0 aliphatic carbocycles. The molecule has 0 aromatic heterocycles. The van der Waals surface area contributed by atoms with E-state index in [0.717, 1.165) is 27.1 Å². The molecule has 1 aliphatic heterocycles. The van der Waals surface area contributed by atoms with Crippen molar-refractivity contribution in [2.45, 2.75) is 0 Å². The van der Waals surface area contributed by atoms with Crippen LogP contribution >= 0.6 is 28.1 Å². The van der Waals surface area contributed by atoms with E-state index in [1.807, 2.05) is 47.4 Å². The molecule has 0 bridgehead atoms. The Morgan fingerprint density at radius 3 is 2.76 bits per heavy atom. The first-order valence-electron chi connectivity index (χ1n) is 6.32. The number of carbonyl (C=O) groups excluding carboxylic acids is 1. The Bertz CT molecular complexity index is 747. The zero-order valence-electron chi connectivity index (χ0n) is 11.0. The summed E-state index contributed by atoms with van der Waals surface area (Å²) >= 11 is 8.48. The fraction of sp³-hybridized carbons (Fsp3) is 0.0667. The van der Waals surface area contributed by atoms with Gasteiger partial charge < -0.3 is 16.0 Å². The van der Waals surface area contributed by atoms with Crippen LogP contribution in [-0.2, 0) is 4.79 Å². The van der Waals surface area contributed by atoms with Gasteiger partial charge in [0.1, 0.15) is 11.5 Å². The van der Waals surface area contributed by atoms with E-state index in [1.165, 1.54) is 0 Å². The van der Waals surface area contributed by atoms with Crippen molar-refractivity contribution in [1.82, 2.24) is 0 Å². The fourth-order valence-corrected chi connectivity index (χ4v) is 3.22. The molecule has 0 unspecified atom stereocenters. The Kier molecular flexibility index (Phi) is 3.65. The number of hydrogen-bond acceptors (Lipinski definition) is 3. The normalized spacial score (nSPS) is 13.6. The van der Waals surface area contributed by atoms with Gasteiger partial charge in [-0.05, 0) is 46.3 Å². The summed E-state index contributed by atoms with van der Waals surface area (Å²) in [7, 11) is 0. The van der Waals surface area contributed by atoms with Crippen LogP contribution in [0.1, 0.15) is 5.56 Å². The van der Waals surface area contributed by atoms with E-state index in [2.05, 4.69) is 21.2 Å². The molecule has 0 atom stereocenters. The van der Waals surface area contributed by atoms with Crippen molar-refractivity contribution >= 4 is 56.1 Å². The van der Waals surface area contributed by atoms with Gasteiger partial charge in [-0.15, -0.1) is 0 Å². The van der Waals surface area contributed by atoms with Crippen molar-refractivity contribution < 1.29 is 4.79 Å². The zero-order chi connectivity index (χ0) is 15.0. The Balaban J connectivity index is 2.07. The third-order valence-electron chi connectivity index (χ3n) is 3.30. The van der Waals surface area contributed by atoms with Crippen LogP contribution in [0.3, 0.4) is 0 Å². The van der Waals surface area contributed by atoms with E-state index in [1.54, 1.807) is 0 Å². The smallest absolute Gasteiger partial charge is 0.244 e. The number of anilines is 3. The summed E-state index contributed by atoms with van der Waals surface area (Å²) in [5.74, 6) is -0.0387. The van der Waals surface area contributed by atoms with Gasteiger partial charge >= 0.3 is 0 Å². The summed E-state index contributed by atoms with van der Waals surface area (Å²) in [6.45, 7) is 0.274. The molecule has 1 heterocycles. The van der Waals surface area contributed by atoms with Crippen LogP contribution in [0.25, 0.3) is 0 Å². The van der Waals surface area contributed by atoms with Crippen LogP contribution in [0.4, 0.5) is 17.1 Å². The molecule has 4 nitrogen and oxygen atoms in total. The molecular weight excluding hydrogens is 350 g/mol. The summed E-state index contributed by atoms with van der Waals surface area (Å²) in [6, 6.07) is 13.4. The van der Waals surface area contributed by atoms with Gasteiger partial charge in [-0.2, -0.15) is 0 Å². The average molecular weight is 362 g/mol. The van der Waals surface area contributed by atoms with E-state index in [-0.39, 0.29) is 12.5 Å². The lowest BCUT2D eigenvalue weighted by Gasteiger charge is -2.31. The van der Waals surface area contributed by atoms with E-state index < -0.39 is 0 Å². The molecule has 3 N–H and O–H groups in total. The minimum atomic E-state index is -0.0387. The Morgan fingerprint density at radius 1 is 1.29 bits per heavy atom. The number of rotatable bonds is 2. The Morgan fingerprint density at radius 2 is 2.05 bits per heavy atom.